The Morgan fingerprint density at radius 3 is 2.47 bits per heavy atom. The van der Waals surface area contributed by atoms with E-state index in [2.05, 4.69) is 10.1 Å². The SMILES string of the molecule is CN(C)c1cccc(NC(=O)c2ccc(OC/C(=C\F)CN)cc2OC(=O)C(F)(F)F)c1. The number of halogens is 4. The maximum atomic E-state index is 12.7. The highest BCUT2D eigenvalue weighted by Gasteiger charge is 2.42. The number of nitrogens with two attached hydrogens (primary N) is 1. The third-order valence-corrected chi connectivity index (χ3v) is 4.09. The summed E-state index contributed by atoms with van der Waals surface area (Å²) in [5.74, 6) is -4.06. The zero-order valence-electron chi connectivity index (χ0n) is 17.2. The van der Waals surface area contributed by atoms with Crippen molar-refractivity contribution in [3.8, 4) is 11.5 Å². The smallest absolute Gasteiger partial charge is 0.489 e. The van der Waals surface area contributed by atoms with E-state index in [1.807, 2.05) is 0 Å². The first-order chi connectivity index (χ1) is 15.0. The number of hydrogen-bond acceptors (Lipinski definition) is 6. The lowest BCUT2D eigenvalue weighted by Gasteiger charge is -2.16. The van der Waals surface area contributed by atoms with E-state index in [-0.39, 0.29) is 36.4 Å². The van der Waals surface area contributed by atoms with Gasteiger partial charge in [0.05, 0.1) is 11.9 Å². The minimum absolute atomic E-state index is 0.0612. The monoisotopic (exact) mass is 455 g/mol. The maximum absolute atomic E-state index is 12.7. The second-order valence-electron chi connectivity index (χ2n) is 6.70. The lowest BCUT2D eigenvalue weighted by Crippen LogP contribution is -2.29. The zero-order chi connectivity index (χ0) is 23.9. The van der Waals surface area contributed by atoms with Crippen LogP contribution in [-0.4, -0.2) is 45.3 Å². The van der Waals surface area contributed by atoms with E-state index in [4.69, 9.17) is 10.5 Å². The van der Waals surface area contributed by atoms with Gasteiger partial charge in [-0.05, 0) is 30.3 Å². The molecule has 0 aliphatic heterocycles. The van der Waals surface area contributed by atoms with Gasteiger partial charge in [-0.15, -0.1) is 0 Å². The predicted octanol–water partition coefficient (Wildman–Crippen LogP) is 3.66. The van der Waals surface area contributed by atoms with Crippen LogP contribution in [0.4, 0.5) is 28.9 Å². The van der Waals surface area contributed by atoms with Crippen molar-refractivity contribution < 1.29 is 36.6 Å². The van der Waals surface area contributed by atoms with Crippen molar-refractivity contribution in [2.45, 2.75) is 6.18 Å². The van der Waals surface area contributed by atoms with Gasteiger partial charge in [0.25, 0.3) is 5.91 Å². The minimum Gasteiger partial charge on any atom is -0.489 e. The Kier molecular flexibility index (Phi) is 8.19. The molecule has 0 atom stereocenters. The standard InChI is InChI=1S/C21H21F4N3O4/c1-28(2)15-5-3-4-14(8-15)27-19(29)17-7-6-16(31-12-13(10-22)11-26)9-18(17)32-20(30)21(23,24)25/h3-10H,11-12,26H2,1-2H3,(H,27,29)/b13-10-. The van der Waals surface area contributed by atoms with E-state index in [0.29, 0.717) is 5.69 Å². The number of amides is 1. The summed E-state index contributed by atoms with van der Waals surface area (Å²) in [4.78, 5) is 25.9. The molecule has 0 radical (unpaired) electrons. The fourth-order valence-electron chi connectivity index (χ4n) is 2.39. The molecule has 172 valence electrons. The van der Waals surface area contributed by atoms with E-state index in [9.17, 15) is 27.2 Å². The van der Waals surface area contributed by atoms with Gasteiger partial charge in [-0.25, -0.2) is 9.18 Å². The summed E-state index contributed by atoms with van der Waals surface area (Å²) in [6, 6.07) is 10.0. The van der Waals surface area contributed by atoms with Crippen LogP contribution in [0.25, 0.3) is 0 Å². The van der Waals surface area contributed by atoms with Gasteiger partial charge in [0, 0.05) is 43.7 Å². The average Bonchev–Trinajstić information content (AvgIpc) is 2.74. The van der Waals surface area contributed by atoms with E-state index in [1.165, 1.54) is 6.07 Å². The number of hydrogen-bond donors (Lipinski definition) is 2. The molecule has 0 bridgehead atoms. The highest BCUT2D eigenvalue weighted by Crippen LogP contribution is 2.29. The Morgan fingerprint density at radius 2 is 1.88 bits per heavy atom. The van der Waals surface area contributed by atoms with Crippen molar-refractivity contribution in [3.63, 3.8) is 0 Å². The third kappa shape index (κ3) is 6.71. The van der Waals surface area contributed by atoms with Crippen LogP contribution in [0.3, 0.4) is 0 Å². The first-order valence-electron chi connectivity index (χ1n) is 9.18. The summed E-state index contributed by atoms with van der Waals surface area (Å²) in [6.45, 7) is -0.429. The molecular formula is C21H21F4N3O4. The molecule has 0 aliphatic carbocycles. The molecule has 0 saturated heterocycles. The van der Waals surface area contributed by atoms with Gasteiger partial charge >= 0.3 is 12.1 Å². The fraction of sp³-hybridized carbons (Fsp3) is 0.238. The number of alkyl halides is 3. The molecular weight excluding hydrogens is 434 g/mol. The van der Waals surface area contributed by atoms with Crippen molar-refractivity contribution >= 4 is 23.3 Å². The summed E-state index contributed by atoms with van der Waals surface area (Å²) in [5.41, 5.74) is 6.20. The molecule has 32 heavy (non-hydrogen) atoms. The lowest BCUT2D eigenvalue weighted by molar-refractivity contribution is -0.189. The first-order valence-corrected chi connectivity index (χ1v) is 9.18. The second kappa shape index (κ2) is 10.6. The highest BCUT2D eigenvalue weighted by molar-refractivity contribution is 6.07. The predicted molar refractivity (Wildman–Crippen MR) is 111 cm³/mol. The molecule has 0 fully saturated rings. The van der Waals surface area contributed by atoms with E-state index in [1.54, 1.807) is 43.3 Å². The van der Waals surface area contributed by atoms with Crippen LogP contribution < -0.4 is 25.4 Å². The summed E-state index contributed by atoms with van der Waals surface area (Å²) in [7, 11) is 3.59. The van der Waals surface area contributed by atoms with Gasteiger partial charge in [0.1, 0.15) is 18.1 Å². The molecule has 1 amide bonds. The van der Waals surface area contributed by atoms with Crippen molar-refractivity contribution in [1.29, 1.82) is 0 Å². The summed E-state index contributed by atoms with van der Waals surface area (Å²) in [6.07, 6.45) is -5.04. The van der Waals surface area contributed by atoms with Gasteiger partial charge in [0.2, 0.25) is 0 Å². The Hall–Kier alpha value is -3.60. The normalized spacial score (nSPS) is 11.7. The molecule has 11 heteroatoms. The van der Waals surface area contributed by atoms with Gasteiger partial charge in [-0.2, -0.15) is 13.2 Å². The first kappa shape index (κ1) is 24.7. The molecule has 7 nitrogen and oxygen atoms in total. The minimum atomic E-state index is -5.28. The molecule has 0 spiro atoms. The topological polar surface area (TPSA) is 93.9 Å². The molecule has 0 aliphatic rings. The van der Waals surface area contributed by atoms with Crippen molar-refractivity contribution in [2.75, 3.05) is 37.5 Å². The van der Waals surface area contributed by atoms with Gasteiger partial charge < -0.3 is 25.4 Å². The largest absolute Gasteiger partial charge is 0.491 e. The van der Waals surface area contributed by atoms with Gasteiger partial charge in [0.15, 0.2) is 0 Å². The molecule has 0 unspecified atom stereocenters. The zero-order valence-corrected chi connectivity index (χ0v) is 17.2. The number of carbonyl (C=O) groups is 2. The number of nitrogens with one attached hydrogen (secondary N) is 1. The summed E-state index contributed by atoms with van der Waals surface area (Å²) in [5, 5.41) is 2.54. The molecule has 0 heterocycles. The molecule has 2 rings (SSSR count). The molecule has 0 saturated carbocycles. The lowest BCUT2D eigenvalue weighted by atomic mass is 10.1. The number of nitrogens with zero attached hydrogens (tertiary/aromatic N) is 1. The van der Waals surface area contributed by atoms with Crippen molar-refractivity contribution in [1.82, 2.24) is 0 Å². The maximum Gasteiger partial charge on any atom is 0.491 e. The van der Waals surface area contributed by atoms with Crippen LogP contribution in [0, 0.1) is 0 Å². The highest BCUT2D eigenvalue weighted by atomic mass is 19.4. The van der Waals surface area contributed by atoms with Crippen LogP contribution in [0.15, 0.2) is 54.4 Å². The van der Waals surface area contributed by atoms with E-state index < -0.39 is 23.8 Å². The third-order valence-electron chi connectivity index (χ3n) is 4.09. The molecule has 2 aromatic rings. The number of benzene rings is 2. The van der Waals surface area contributed by atoms with Crippen LogP contribution in [0.5, 0.6) is 11.5 Å². The number of carbonyl (C=O) groups excluding carboxylic acids is 2. The number of esters is 1. The van der Waals surface area contributed by atoms with Crippen LogP contribution in [0.2, 0.25) is 0 Å². The quantitative estimate of drug-likeness (QED) is 0.359. The number of ether oxygens (including phenoxy) is 2. The van der Waals surface area contributed by atoms with Crippen LogP contribution in [0.1, 0.15) is 10.4 Å². The van der Waals surface area contributed by atoms with E-state index in [0.717, 1.165) is 17.8 Å². The molecule has 0 aromatic heterocycles. The summed E-state index contributed by atoms with van der Waals surface area (Å²) < 4.78 is 60.4. The summed E-state index contributed by atoms with van der Waals surface area (Å²) >= 11 is 0. The van der Waals surface area contributed by atoms with Gasteiger partial charge in [-0.1, -0.05) is 6.07 Å². The molecule has 2 aromatic carbocycles. The number of anilines is 2. The van der Waals surface area contributed by atoms with E-state index >= 15 is 0 Å². The molecule has 3 N–H and O–H groups in total. The van der Waals surface area contributed by atoms with Crippen LogP contribution >= 0.6 is 0 Å². The Labute approximate surface area is 181 Å². The van der Waals surface area contributed by atoms with Crippen molar-refractivity contribution in [3.05, 3.63) is 59.9 Å². The Balaban J connectivity index is 2.33. The average molecular weight is 455 g/mol. The number of rotatable bonds is 8. The second-order valence-corrected chi connectivity index (χ2v) is 6.70. The Morgan fingerprint density at radius 1 is 1.16 bits per heavy atom. The van der Waals surface area contributed by atoms with Crippen molar-refractivity contribution in [2.24, 2.45) is 5.73 Å². The van der Waals surface area contributed by atoms with Gasteiger partial charge in [-0.3, -0.25) is 4.79 Å². The van der Waals surface area contributed by atoms with Crippen LogP contribution in [-0.2, 0) is 4.79 Å². The fourth-order valence-corrected chi connectivity index (χ4v) is 2.39. The Bertz CT molecular complexity index is 1010.